The molecule has 2 saturated heterocycles. The monoisotopic (exact) mass is 242 g/mol. The Balaban J connectivity index is 1.60. The van der Waals surface area contributed by atoms with E-state index in [9.17, 15) is 9.59 Å². The van der Waals surface area contributed by atoms with E-state index in [1.807, 2.05) is 0 Å². The van der Waals surface area contributed by atoms with Gasteiger partial charge in [0.25, 0.3) is 0 Å². The van der Waals surface area contributed by atoms with Crippen molar-refractivity contribution in [1.29, 1.82) is 0 Å². The van der Waals surface area contributed by atoms with Gasteiger partial charge in [-0.3, -0.25) is 4.79 Å². The van der Waals surface area contributed by atoms with Crippen molar-refractivity contribution in [1.82, 2.24) is 10.2 Å². The van der Waals surface area contributed by atoms with Gasteiger partial charge in [-0.05, 0) is 12.8 Å². The predicted molar refractivity (Wildman–Crippen MR) is 59.7 cm³/mol. The van der Waals surface area contributed by atoms with Gasteiger partial charge < -0.3 is 20.1 Å². The van der Waals surface area contributed by atoms with E-state index < -0.39 is 5.97 Å². The molecular formula is C11H18N2O4. The van der Waals surface area contributed by atoms with Crippen molar-refractivity contribution in [3.63, 3.8) is 0 Å². The standard InChI is InChI=1S/C11H18N2O4/c14-10(15)4-8-6-13(7-8)11(16)12-5-9-2-1-3-17-9/h8-9H,1-7H2,(H,12,16)(H,14,15). The SMILES string of the molecule is O=C(O)CC1CN(C(=O)NCC2CCCO2)C1. The topological polar surface area (TPSA) is 78.9 Å². The molecule has 2 aliphatic heterocycles. The maximum Gasteiger partial charge on any atom is 0.317 e. The number of nitrogens with one attached hydrogen (secondary N) is 1. The van der Waals surface area contributed by atoms with Crippen LogP contribution in [0.15, 0.2) is 0 Å². The van der Waals surface area contributed by atoms with E-state index in [0.717, 1.165) is 19.4 Å². The lowest BCUT2D eigenvalue weighted by Crippen LogP contribution is -2.55. The van der Waals surface area contributed by atoms with E-state index in [2.05, 4.69) is 5.32 Å². The molecule has 96 valence electrons. The number of hydrogen-bond donors (Lipinski definition) is 2. The molecule has 0 saturated carbocycles. The number of urea groups is 1. The minimum absolute atomic E-state index is 0.109. The number of ether oxygens (including phenoxy) is 1. The second kappa shape index (κ2) is 5.35. The van der Waals surface area contributed by atoms with Crippen LogP contribution in [0.25, 0.3) is 0 Å². The Morgan fingerprint density at radius 1 is 1.41 bits per heavy atom. The van der Waals surface area contributed by atoms with Gasteiger partial charge >= 0.3 is 12.0 Å². The van der Waals surface area contributed by atoms with Gasteiger partial charge in [0.1, 0.15) is 0 Å². The zero-order valence-corrected chi connectivity index (χ0v) is 9.72. The highest BCUT2D eigenvalue weighted by Gasteiger charge is 2.32. The Labute approximate surface area is 99.9 Å². The van der Waals surface area contributed by atoms with E-state index >= 15 is 0 Å². The van der Waals surface area contributed by atoms with E-state index in [4.69, 9.17) is 9.84 Å². The van der Waals surface area contributed by atoms with Crippen molar-refractivity contribution in [2.45, 2.75) is 25.4 Å². The van der Waals surface area contributed by atoms with Gasteiger partial charge in [0.15, 0.2) is 0 Å². The number of likely N-dealkylation sites (tertiary alicyclic amines) is 1. The number of carboxylic acids is 1. The average Bonchev–Trinajstić information content (AvgIpc) is 2.71. The Bertz CT molecular complexity index is 296. The molecule has 0 aromatic heterocycles. The summed E-state index contributed by atoms with van der Waals surface area (Å²) in [5.41, 5.74) is 0. The largest absolute Gasteiger partial charge is 0.481 e. The fourth-order valence-corrected chi connectivity index (χ4v) is 2.23. The van der Waals surface area contributed by atoms with Crippen LogP contribution in [-0.2, 0) is 9.53 Å². The molecule has 2 N–H and O–H groups in total. The molecule has 6 nitrogen and oxygen atoms in total. The first-order valence-electron chi connectivity index (χ1n) is 6.01. The molecular weight excluding hydrogens is 224 g/mol. The fourth-order valence-electron chi connectivity index (χ4n) is 2.23. The van der Waals surface area contributed by atoms with Crippen LogP contribution in [0.5, 0.6) is 0 Å². The molecule has 0 spiro atoms. The first kappa shape index (κ1) is 12.2. The Morgan fingerprint density at radius 3 is 2.76 bits per heavy atom. The van der Waals surface area contributed by atoms with E-state index in [1.54, 1.807) is 4.90 Å². The fraction of sp³-hybridized carbons (Fsp3) is 0.818. The molecule has 2 fully saturated rings. The molecule has 0 aromatic rings. The minimum atomic E-state index is -0.797. The summed E-state index contributed by atoms with van der Waals surface area (Å²) in [6.07, 6.45) is 2.36. The summed E-state index contributed by atoms with van der Waals surface area (Å²) < 4.78 is 5.40. The summed E-state index contributed by atoms with van der Waals surface area (Å²) in [6, 6.07) is -0.109. The number of nitrogens with zero attached hydrogens (tertiary/aromatic N) is 1. The number of aliphatic carboxylic acids is 1. The van der Waals surface area contributed by atoms with Crippen LogP contribution >= 0.6 is 0 Å². The quantitative estimate of drug-likeness (QED) is 0.742. The highest BCUT2D eigenvalue weighted by atomic mass is 16.5. The molecule has 0 aliphatic carbocycles. The van der Waals surface area contributed by atoms with Crippen LogP contribution < -0.4 is 5.32 Å². The maximum absolute atomic E-state index is 11.6. The minimum Gasteiger partial charge on any atom is -0.481 e. The number of carbonyl (C=O) groups is 2. The van der Waals surface area contributed by atoms with Gasteiger partial charge in [-0.1, -0.05) is 0 Å². The normalized spacial score (nSPS) is 24.5. The van der Waals surface area contributed by atoms with Crippen LogP contribution in [-0.4, -0.2) is 54.4 Å². The van der Waals surface area contributed by atoms with Crippen molar-refractivity contribution in [2.24, 2.45) is 5.92 Å². The average molecular weight is 242 g/mol. The summed E-state index contributed by atoms with van der Waals surface area (Å²) in [5, 5.41) is 11.4. The number of carboxylic acid groups (broad SMARTS) is 1. The van der Waals surface area contributed by atoms with E-state index in [0.29, 0.717) is 19.6 Å². The third kappa shape index (κ3) is 3.33. The van der Waals surface area contributed by atoms with Crippen molar-refractivity contribution in [3.05, 3.63) is 0 Å². The van der Waals surface area contributed by atoms with Gasteiger partial charge in [-0.2, -0.15) is 0 Å². The van der Waals surface area contributed by atoms with Crippen LogP contribution in [0.1, 0.15) is 19.3 Å². The first-order valence-corrected chi connectivity index (χ1v) is 6.01. The molecule has 0 radical (unpaired) electrons. The van der Waals surface area contributed by atoms with Crippen LogP contribution in [0, 0.1) is 5.92 Å². The van der Waals surface area contributed by atoms with Crippen LogP contribution in [0.4, 0.5) is 4.79 Å². The lowest BCUT2D eigenvalue weighted by molar-refractivity contribution is -0.139. The second-order valence-corrected chi connectivity index (χ2v) is 4.69. The molecule has 1 atom stereocenters. The molecule has 2 rings (SSSR count). The van der Waals surface area contributed by atoms with Gasteiger partial charge in [-0.25, -0.2) is 4.79 Å². The lowest BCUT2D eigenvalue weighted by atomic mass is 9.97. The number of amides is 2. The van der Waals surface area contributed by atoms with Crippen molar-refractivity contribution >= 4 is 12.0 Å². The number of carbonyl (C=O) groups excluding carboxylic acids is 1. The summed E-state index contributed by atoms with van der Waals surface area (Å²) in [5.74, 6) is -0.685. The molecule has 2 heterocycles. The molecule has 0 aromatic carbocycles. The van der Waals surface area contributed by atoms with Crippen LogP contribution in [0.2, 0.25) is 0 Å². The summed E-state index contributed by atoms with van der Waals surface area (Å²) >= 11 is 0. The van der Waals surface area contributed by atoms with Crippen molar-refractivity contribution < 1.29 is 19.4 Å². The van der Waals surface area contributed by atoms with Gasteiger partial charge in [0, 0.05) is 32.2 Å². The second-order valence-electron chi connectivity index (χ2n) is 4.69. The molecule has 17 heavy (non-hydrogen) atoms. The third-order valence-corrected chi connectivity index (χ3v) is 3.21. The summed E-state index contributed by atoms with van der Waals surface area (Å²) in [4.78, 5) is 23.7. The zero-order valence-electron chi connectivity index (χ0n) is 9.72. The van der Waals surface area contributed by atoms with Crippen molar-refractivity contribution in [3.8, 4) is 0 Å². The summed E-state index contributed by atoms with van der Waals surface area (Å²) in [7, 11) is 0. The van der Waals surface area contributed by atoms with Crippen LogP contribution in [0.3, 0.4) is 0 Å². The van der Waals surface area contributed by atoms with Gasteiger partial charge in [-0.15, -0.1) is 0 Å². The third-order valence-electron chi connectivity index (χ3n) is 3.21. The Kier molecular flexibility index (Phi) is 3.83. The molecule has 2 amide bonds. The maximum atomic E-state index is 11.6. The van der Waals surface area contributed by atoms with Gasteiger partial charge in [0.2, 0.25) is 0 Å². The highest BCUT2D eigenvalue weighted by molar-refractivity contribution is 5.75. The lowest BCUT2D eigenvalue weighted by Gasteiger charge is -2.38. The molecule has 1 unspecified atom stereocenters. The molecule has 2 aliphatic rings. The Morgan fingerprint density at radius 2 is 2.18 bits per heavy atom. The Hall–Kier alpha value is -1.30. The summed E-state index contributed by atoms with van der Waals surface area (Å²) in [6.45, 7) is 2.43. The molecule has 0 bridgehead atoms. The number of hydrogen-bond acceptors (Lipinski definition) is 3. The smallest absolute Gasteiger partial charge is 0.317 e. The first-order chi connectivity index (χ1) is 8.15. The van der Waals surface area contributed by atoms with Crippen molar-refractivity contribution in [2.75, 3.05) is 26.2 Å². The zero-order chi connectivity index (χ0) is 12.3. The highest BCUT2D eigenvalue weighted by Crippen LogP contribution is 2.19. The van der Waals surface area contributed by atoms with E-state index in [1.165, 1.54) is 0 Å². The number of rotatable bonds is 4. The van der Waals surface area contributed by atoms with E-state index in [-0.39, 0.29) is 24.5 Å². The molecule has 6 heteroatoms. The predicted octanol–water partition coefficient (Wildman–Crippen LogP) is 0.281. The van der Waals surface area contributed by atoms with Gasteiger partial charge in [0.05, 0.1) is 12.5 Å².